The van der Waals surface area contributed by atoms with E-state index in [2.05, 4.69) is 20.0 Å². The summed E-state index contributed by atoms with van der Waals surface area (Å²) in [7, 11) is 1.31. The predicted octanol–water partition coefficient (Wildman–Crippen LogP) is 2.39. The molecule has 2 rings (SSSR count). The van der Waals surface area contributed by atoms with Crippen molar-refractivity contribution in [1.82, 2.24) is 9.97 Å². The molecule has 2 aromatic rings. The van der Waals surface area contributed by atoms with Crippen molar-refractivity contribution in [3.63, 3.8) is 0 Å². The van der Waals surface area contributed by atoms with Crippen LogP contribution in [0, 0.1) is 6.92 Å². The summed E-state index contributed by atoms with van der Waals surface area (Å²) in [5.41, 5.74) is 6.55. The SMILES string of the molecule is COC(=O)c1ccc(N)c(NC(C)c2ncc(C)s2)n1. The molecule has 20 heavy (non-hydrogen) atoms. The van der Waals surface area contributed by atoms with E-state index in [0.717, 1.165) is 9.88 Å². The number of aryl methyl sites for hydroxylation is 1. The average Bonchev–Trinajstić information content (AvgIpc) is 2.87. The number of hydrogen-bond acceptors (Lipinski definition) is 7. The van der Waals surface area contributed by atoms with Crippen molar-refractivity contribution in [2.75, 3.05) is 18.2 Å². The highest BCUT2D eigenvalue weighted by atomic mass is 32.1. The van der Waals surface area contributed by atoms with Gasteiger partial charge in [0.2, 0.25) is 0 Å². The van der Waals surface area contributed by atoms with Crippen molar-refractivity contribution in [3.05, 3.63) is 33.9 Å². The predicted molar refractivity (Wildman–Crippen MR) is 78.9 cm³/mol. The molecule has 0 saturated heterocycles. The van der Waals surface area contributed by atoms with Crippen LogP contribution < -0.4 is 11.1 Å². The van der Waals surface area contributed by atoms with E-state index in [1.165, 1.54) is 13.2 Å². The Morgan fingerprint density at radius 2 is 2.25 bits per heavy atom. The number of thiazole rings is 1. The van der Waals surface area contributed by atoms with Crippen LogP contribution in [0.3, 0.4) is 0 Å². The van der Waals surface area contributed by atoms with Crippen molar-refractivity contribution in [3.8, 4) is 0 Å². The number of esters is 1. The number of ether oxygens (including phenoxy) is 1. The van der Waals surface area contributed by atoms with E-state index in [-0.39, 0.29) is 11.7 Å². The minimum Gasteiger partial charge on any atom is -0.464 e. The lowest BCUT2D eigenvalue weighted by molar-refractivity contribution is 0.0594. The van der Waals surface area contributed by atoms with Gasteiger partial charge >= 0.3 is 5.97 Å². The van der Waals surface area contributed by atoms with Crippen LogP contribution in [0.5, 0.6) is 0 Å². The molecule has 0 spiro atoms. The first-order valence-corrected chi connectivity index (χ1v) is 6.86. The molecular weight excluding hydrogens is 276 g/mol. The molecule has 0 saturated carbocycles. The number of nitrogens with one attached hydrogen (secondary N) is 1. The second-order valence-electron chi connectivity index (χ2n) is 4.30. The average molecular weight is 292 g/mol. The third-order valence-corrected chi connectivity index (χ3v) is 3.78. The fourth-order valence-electron chi connectivity index (χ4n) is 1.64. The molecule has 3 N–H and O–H groups in total. The van der Waals surface area contributed by atoms with Gasteiger partial charge in [0, 0.05) is 11.1 Å². The molecule has 0 amide bonds. The van der Waals surface area contributed by atoms with Gasteiger partial charge in [0.15, 0.2) is 11.5 Å². The van der Waals surface area contributed by atoms with Crippen LogP contribution in [0.1, 0.15) is 33.3 Å². The molecule has 0 aliphatic rings. The van der Waals surface area contributed by atoms with Crippen LogP contribution in [0.25, 0.3) is 0 Å². The number of aromatic nitrogens is 2. The number of nitrogen functional groups attached to an aromatic ring is 1. The molecule has 106 valence electrons. The van der Waals surface area contributed by atoms with Gasteiger partial charge in [0.25, 0.3) is 0 Å². The monoisotopic (exact) mass is 292 g/mol. The molecule has 0 radical (unpaired) electrons. The number of pyridine rings is 1. The van der Waals surface area contributed by atoms with Gasteiger partial charge in [-0.2, -0.15) is 0 Å². The molecule has 6 nitrogen and oxygen atoms in total. The molecule has 2 aromatic heterocycles. The van der Waals surface area contributed by atoms with Crippen LogP contribution >= 0.6 is 11.3 Å². The van der Waals surface area contributed by atoms with E-state index in [1.54, 1.807) is 17.4 Å². The lowest BCUT2D eigenvalue weighted by atomic mass is 10.3. The Labute approximate surface area is 121 Å². The lowest BCUT2D eigenvalue weighted by Crippen LogP contribution is -2.12. The number of anilines is 2. The molecule has 1 unspecified atom stereocenters. The van der Waals surface area contributed by atoms with E-state index >= 15 is 0 Å². The maximum absolute atomic E-state index is 11.5. The third-order valence-electron chi connectivity index (χ3n) is 2.68. The van der Waals surface area contributed by atoms with E-state index < -0.39 is 5.97 Å². The van der Waals surface area contributed by atoms with Crippen LogP contribution in [0.15, 0.2) is 18.3 Å². The van der Waals surface area contributed by atoms with E-state index in [1.807, 2.05) is 20.0 Å². The molecule has 2 heterocycles. The Kier molecular flexibility index (Phi) is 4.19. The van der Waals surface area contributed by atoms with Gasteiger partial charge in [-0.05, 0) is 26.0 Å². The van der Waals surface area contributed by atoms with Gasteiger partial charge in [0.1, 0.15) is 5.01 Å². The maximum Gasteiger partial charge on any atom is 0.356 e. The van der Waals surface area contributed by atoms with Crippen LogP contribution in [0.4, 0.5) is 11.5 Å². The molecular formula is C13H16N4O2S. The summed E-state index contributed by atoms with van der Waals surface area (Å²) in [4.78, 5) is 21.1. The first-order valence-electron chi connectivity index (χ1n) is 6.05. The van der Waals surface area contributed by atoms with Crippen LogP contribution in [0.2, 0.25) is 0 Å². The van der Waals surface area contributed by atoms with Gasteiger partial charge in [-0.15, -0.1) is 11.3 Å². The summed E-state index contributed by atoms with van der Waals surface area (Å²) in [6.07, 6.45) is 1.82. The van der Waals surface area contributed by atoms with E-state index in [4.69, 9.17) is 5.73 Å². The summed E-state index contributed by atoms with van der Waals surface area (Å²) >= 11 is 1.60. The number of carbonyl (C=O) groups excluding carboxylic acids is 1. The van der Waals surface area contributed by atoms with Gasteiger partial charge in [-0.1, -0.05) is 0 Å². The first-order chi connectivity index (χ1) is 9.51. The molecule has 1 atom stereocenters. The number of methoxy groups -OCH3 is 1. The fourth-order valence-corrected chi connectivity index (χ4v) is 2.42. The van der Waals surface area contributed by atoms with Gasteiger partial charge < -0.3 is 15.8 Å². The molecule has 7 heteroatoms. The highest BCUT2D eigenvalue weighted by molar-refractivity contribution is 7.11. The van der Waals surface area contributed by atoms with E-state index in [9.17, 15) is 4.79 Å². The number of nitrogens with zero attached hydrogens (tertiary/aromatic N) is 2. The van der Waals surface area contributed by atoms with Crippen molar-refractivity contribution in [2.45, 2.75) is 19.9 Å². The first kappa shape index (κ1) is 14.3. The normalized spacial score (nSPS) is 11.9. The topological polar surface area (TPSA) is 90.1 Å². The van der Waals surface area contributed by atoms with Crippen molar-refractivity contribution in [2.24, 2.45) is 0 Å². The number of hydrogen-bond donors (Lipinski definition) is 2. The zero-order chi connectivity index (χ0) is 14.7. The largest absolute Gasteiger partial charge is 0.464 e. The van der Waals surface area contributed by atoms with E-state index in [0.29, 0.717) is 11.5 Å². The summed E-state index contributed by atoms with van der Waals surface area (Å²) in [5, 5.41) is 4.10. The molecule has 0 fully saturated rings. The molecule has 0 aliphatic heterocycles. The second-order valence-corrected chi connectivity index (χ2v) is 5.57. The quantitative estimate of drug-likeness (QED) is 0.841. The van der Waals surface area contributed by atoms with Crippen LogP contribution in [-0.4, -0.2) is 23.0 Å². The Hall–Kier alpha value is -2.15. The Balaban J connectivity index is 2.22. The zero-order valence-electron chi connectivity index (χ0n) is 11.5. The highest BCUT2D eigenvalue weighted by Gasteiger charge is 2.14. The zero-order valence-corrected chi connectivity index (χ0v) is 12.3. The number of carbonyl (C=O) groups is 1. The molecule has 0 bridgehead atoms. The van der Waals surface area contributed by atoms with Crippen molar-refractivity contribution in [1.29, 1.82) is 0 Å². The van der Waals surface area contributed by atoms with Crippen molar-refractivity contribution >= 4 is 28.8 Å². The van der Waals surface area contributed by atoms with Crippen LogP contribution in [-0.2, 0) is 4.74 Å². The summed E-state index contributed by atoms with van der Waals surface area (Å²) in [6.45, 7) is 3.96. The van der Waals surface area contributed by atoms with Gasteiger partial charge in [-0.3, -0.25) is 0 Å². The number of rotatable bonds is 4. The Morgan fingerprint density at radius 1 is 1.50 bits per heavy atom. The maximum atomic E-state index is 11.5. The molecule has 0 aliphatic carbocycles. The fraction of sp³-hybridized carbons (Fsp3) is 0.308. The van der Waals surface area contributed by atoms with Gasteiger partial charge in [0.05, 0.1) is 18.8 Å². The smallest absolute Gasteiger partial charge is 0.356 e. The minimum absolute atomic E-state index is 0.0450. The Bertz CT molecular complexity index is 627. The minimum atomic E-state index is -0.495. The molecule has 0 aromatic carbocycles. The second kappa shape index (κ2) is 5.87. The number of nitrogens with two attached hydrogens (primary N) is 1. The highest BCUT2D eigenvalue weighted by Crippen LogP contribution is 2.25. The Morgan fingerprint density at radius 3 is 2.85 bits per heavy atom. The summed E-state index contributed by atoms with van der Waals surface area (Å²) in [5.74, 6) is -0.0425. The third kappa shape index (κ3) is 3.05. The summed E-state index contributed by atoms with van der Waals surface area (Å²) < 4.78 is 4.64. The lowest BCUT2D eigenvalue weighted by Gasteiger charge is -2.14. The van der Waals surface area contributed by atoms with Gasteiger partial charge in [-0.25, -0.2) is 14.8 Å². The van der Waals surface area contributed by atoms with Crippen molar-refractivity contribution < 1.29 is 9.53 Å². The standard InChI is InChI=1S/C13H16N4O2S/c1-7-6-15-12(20-7)8(2)16-11-9(14)4-5-10(17-11)13(18)19-3/h4-6,8H,14H2,1-3H3,(H,16,17). The summed E-state index contributed by atoms with van der Waals surface area (Å²) in [6, 6.07) is 3.11.